The molecule has 0 aliphatic carbocycles. The van der Waals surface area contributed by atoms with Crippen LogP contribution in [0.4, 0.5) is 0 Å². The van der Waals surface area contributed by atoms with Crippen LogP contribution < -0.4 is 0 Å². The molecule has 0 saturated heterocycles. The zero-order valence-corrected chi connectivity index (χ0v) is 6.51. The molecular formula is C10H14. The molecule has 0 nitrogen and oxygen atoms in total. The van der Waals surface area contributed by atoms with Gasteiger partial charge in [-0.15, -0.1) is 0 Å². The first-order chi connectivity index (χ1) is 4.77. The molecule has 54 valence electrons. The van der Waals surface area contributed by atoms with Gasteiger partial charge in [-0.1, -0.05) is 49.1 Å². The molecule has 0 saturated carbocycles. The van der Waals surface area contributed by atoms with Crippen LogP contribution in [-0.2, 0) is 0 Å². The van der Waals surface area contributed by atoms with Gasteiger partial charge < -0.3 is 0 Å². The van der Waals surface area contributed by atoms with Crippen molar-refractivity contribution < 1.29 is 0 Å². The summed E-state index contributed by atoms with van der Waals surface area (Å²) in [6.45, 7) is 9.29. The highest BCUT2D eigenvalue weighted by Crippen LogP contribution is 1.92. The lowest BCUT2D eigenvalue weighted by atomic mass is 10.3. The van der Waals surface area contributed by atoms with Gasteiger partial charge in [-0.05, 0) is 13.3 Å². The molecule has 0 aromatic carbocycles. The van der Waals surface area contributed by atoms with Crippen molar-refractivity contribution in [1.29, 1.82) is 0 Å². The van der Waals surface area contributed by atoms with Crippen molar-refractivity contribution in [3.05, 3.63) is 49.1 Å². The quantitative estimate of drug-likeness (QED) is 0.518. The molecule has 0 atom stereocenters. The summed E-state index contributed by atoms with van der Waals surface area (Å²) >= 11 is 0. The Morgan fingerprint density at radius 1 is 1.40 bits per heavy atom. The zero-order valence-electron chi connectivity index (χ0n) is 6.51. The van der Waals surface area contributed by atoms with Gasteiger partial charge in [0.25, 0.3) is 0 Å². The van der Waals surface area contributed by atoms with Crippen LogP contribution in [0.3, 0.4) is 0 Å². The van der Waals surface area contributed by atoms with E-state index in [2.05, 4.69) is 19.2 Å². The van der Waals surface area contributed by atoms with Crippen molar-refractivity contribution in [3.63, 3.8) is 0 Å². The Labute approximate surface area is 63.3 Å². The third-order valence-corrected chi connectivity index (χ3v) is 0.947. The van der Waals surface area contributed by atoms with E-state index in [9.17, 15) is 0 Å². The van der Waals surface area contributed by atoms with Gasteiger partial charge in [0.15, 0.2) is 0 Å². The normalized spacial score (nSPS) is 10.9. The highest BCUT2D eigenvalue weighted by molar-refractivity contribution is 5.12. The van der Waals surface area contributed by atoms with Crippen molar-refractivity contribution in [1.82, 2.24) is 0 Å². The Morgan fingerprint density at radius 2 is 2.10 bits per heavy atom. The molecule has 0 aliphatic rings. The summed E-state index contributed by atoms with van der Waals surface area (Å²) in [5.74, 6) is 0. The molecule has 0 radical (unpaired) electrons. The predicted octanol–water partition coefficient (Wildman–Crippen LogP) is 3.25. The summed E-state index contributed by atoms with van der Waals surface area (Å²) in [4.78, 5) is 0. The van der Waals surface area contributed by atoms with Gasteiger partial charge in [0, 0.05) is 0 Å². The van der Waals surface area contributed by atoms with Gasteiger partial charge in [0.2, 0.25) is 0 Å². The van der Waals surface area contributed by atoms with E-state index in [0.717, 1.165) is 12.0 Å². The smallest absolute Gasteiger partial charge is 0.0163 e. The van der Waals surface area contributed by atoms with Crippen LogP contribution in [-0.4, -0.2) is 0 Å². The summed E-state index contributed by atoms with van der Waals surface area (Å²) in [7, 11) is 0. The fourth-order valence-corrected chi connectivity index (χ4v) is 0.523. The van der Waals surface area contributed by atoms with Crippen LogP contribution in [0.5, 0.6) is 0 Å². The van der Waals surface area contributed by atoms with E-state index in [4.69, 9.17) is 0 Å². The minimum atomic E-state index is 0.957. The largest absolute Gasteiger partial charge is 0.0991 e. The monoisotopic (exact) mass is 134 g/mol. The lowest BCUT2D eigenvalue weighted by Crippen LogP contribution is -1.61. The Bertz CT molecular complexity index is 159. The van der Waals surface area contributed by atoms with Crippen molar-refractivity contribution in [2.75, 3.05) is 0 Å². The molecule has 0 rings (SSSR count). The molecule has 0 heterocycles. The van der Waals surface area contributed by atoms with Gasteiger partial charge in [-0.2, -0.15) is 0 Å². The maximum absolute atomic E-state index is 3.74. The molecule has 0 unspecified atom stereocenters. The minimum absolute atomic E-state index is 0.957. The first kappa shape index (κ1) is 8.96. The molecule has 0 aromatic rings. The van der Waals surface area contributed by atoms with Gasteiger partial charge in [-0.25, -0.2) is 0 Å². The van der Waals surface area contributed by atoms with Crippen LogP contribution in [0.1, 0.15) is 13.3 Å². The zero-order chi connectivity index (χ0) is 7.82. The van der Waals surface area contributed by atoms with Crippen molar-refractivity contribution in [3.8, 4) is 0 Å². The van der Waals surface area contributed by atoms with Crippen LogP contribution in [0.25, 0.3) is 0 Å². The summed E-state index contributed by atoms with van der Waals surface area (Å²) in [6.07, 6.45) is 10.8. The van der Waals surface area contributed by atoms with Crippen LogP contribution in [0.15, 0.2) is 49.1 Å². The third kappa shape index (κ3) is 6.96. The highest BCUT2D eigenvalue weighted by Gasteiger charge is 1.71. The van der Waals surface area contributed by atoms with Crippen LogP contribution in [0.2, 0.25) is 0 Å². The van der Waals surface area contributed by atoms with E-state index in [1.54, 1.807) is 6.08 Å². The lowest BCUT2D eigenvalue weighted by molar-refractivity contribution is 1.37. The summed E-state index contributed by atoms with van der Waals surface area (Å²) in [6, 6.07) is 0. The van der Waals surface area contributed by atoms with Crippen LogP contribution >= 0.6 is 0 Å². The molecule has 0 amide bonds. The second-order valence-electron chi connectivity index (χ2n) is 2.15. The second kappa shape index (κ2) is 6.09. The maximum atomic E-state index is 3.74. The van der Waals surface area contributed by atoms with E-state index >= 15 is 0 Å². The first-order valence-electron chi connectivity index (χ1n) is 3.37. The standard InChI is InChI=1S/C10H14/c1-4-5-6-7-8-9-10(2)3/h4-6,8-9H,1-2,7H2,3H3/b6-5-,9-8+. The summed E-state index contributed by atoms with van der Waals surface area (Å²) in [5.41, 5.74) is 1.09. The minimum Gasteiger partial charge on any atom is -0.0991 e. The van der Waals surface area contributed by atoms with Gasteiger partial charge in [-0.3, -0.25) is 0 Å². The van der Waals surface area contributed by atoms with E-state index in [1.807, 2.05) is 25.2 Å². The third-order valence-electron chi connectivity index (χ3n) is 0.947. The molecule has 0 N–H and O–H groups in total. The molecular weight excluding hydrogens is 120 g/mol. The van der Waals surface area contributed by atoms with Crippen molar-refractivity contribution >= 4 is 0 Å². The molecule has 0 bridgehead atoms. The van der Waals surface area contributed by atoms with E-state index in [-0.39, 0.29) is 0 Å². The van der Waals surface area contributed by atoms with E-state index in [1.165, 1.54) is 0 Å². The Morgan fingerprint density at radius 3 is 2.60 bits per heavy atom. The number of allylic oxidation sites excluding steroid dienone is 6. The number of hydrogen-bond donors (Lipinski definition) is 0. The number of rotatable bonds is 4. The topological polar surface area (TPSA) is 0 Å². The average Bonchev–Trinajstić information content (AvgIpc) is 1.87. The van der Waals surface area contributed by atoms with Crippen molar-refractivity contribution in [2.24, 2.45) is 0 Å². The average molecular weight is 134 g/mol. The molecule has 0 aliphatic heterocycles. The maximum Gasteiger partial charge on any atom is -0.0163 e. The Balaban J connectivity index is 3.44. The summed E-state index contributed by atoms with van der Waals surface area (Å²) < 4.78 is 0. The van der Waals surface area contributed by atoms with Crippen LogP contribution in [0, 0.1) is 0 Å². The highest BCUT2D eigenvalue weighted by atomic mass is 13.8. The lowest BCUT2D eigenvalue weighted by Gasteiger charge is -1.82. The van der Waals surface area contributed by atoms with Gasteiger partial charge in [0.1, 0.15) is 0 Å². The van der Waals surface area contributed by atoms with Gasteiger partial charge in [0.05, 0.1) is 0 Å². The predicted molar refractivity (Wildman–Crippen MR) is 47.9 cm³/mol. The van der Waals surface area contributed by atoms with Gasteiger partial charge >= 0.3 is 0 Å². The fourth-order valence-electron chi connectivity index (χ4n) is 0.523. The number of hydrogen-bond acceptors (Lipinski definition) is 0. The molecule has 10 heavy (non-hydrogen) atoms. The molecule has 0 aromatic heterocycles. The Hall–Kier alpha value is -1.04. The second-order valence-corrected chi connectivity index (χ2v) is 2.15. The fraction of sp³-hybridized carbons (Fsp3) is 0.200. The first-order valence-corrected chi connectivity index (χ1v) is 3.37. The molecule has 0 spiro atoms. The Kier molecular flexibility index (Phi) is 5.45. The van der Waals surface area contributed by atoms with E-state index < -0.39 is 0 Å². The van der Waals surface area contributed by atoms with Crippen molar-refractivity contribution in [2.45, 2.75) is 13.3 Å². The molecule has 0 fully saturated rings. The van der Waals surface area contributed by atoms with E-state index in [0.29, 0.717) is 0 Å². The molecule has 0 heteroatoms. The SMILES string of the molecule is C=C/C=C\C/C=C/C(=C)C. The summed E-state index contributed by atoms with van der Waals surface area (Å²) in [5, 5.41) is 0.